The van der Waals surface area contributed by atoms with Crippen LogP contribution in [0.4, 0.5) is 0 Å². The van der Waals surface area contributed by atoms with Gasteiger partial charge in [0.25, 0.3) is 0 Å². The molecule has 0 aliphatic heterocycles. The molecule has 0 N–H and O–H groups in total. The predicted molar refractivity (Wildman–Crippen MR) is 93.6 cm³/mol. The minimum absolute atomic E-state index is 0.256. The quantitative estimate of drug-likeness (QED) is 0.219. The van der Waals surface area contributed by atoms with Gasteiger partial charge in [0.1, 0.15) is 0 Å². The third-order valence-corrected chi connectivity index (χ3v) is 3.51. The van der Waals surface area contributed by atoms with E-state index in [4.69, 9.17) is 4.74 Å². The molecule has 0 bridgehead atoms. The summed E-state index contributed by atoms with van der Waals surface area (Å²) in [5, 5.41) is 0. The van der Waals surface area contributed by atoms with Crippen LogP contribution in [0.25, 0.3) is 6.08 Å². The van der Waals surface area contributed by atoms with Gasteiger partial charge in [0.05, 0.1) is 6.61 Å². The molecule has 0 amide bonds. The van der Waals surface area contributed by atoms with E-state index in [2.05, 4.69) is 6.58 Å². The summed E-state index contributed by atoms with van der Waals surface area (Å²) in [5.41, 5.74) is 1.01. The van der Waals surface area contributed by atoms with Gasteiger partial charge in [-0.05, 0) is 30.9 Å². The van der Waals surface area contributed by atoms with Crippen LogP contribution in [0.5, 0.6) is 0 Å². The van der Waals surface area contributed by atoms with Crippen LogP contribution in [0.2, 0.25) is 0 Å². The lowest BCUT2D eigenvalue weighted by atomic mass is 10.1. The van der Waals surface area contributed by atoms with Crippen LogP contribution in [0.3, 0.4) is 0 Å². The first-order valence-corrected chi connectivity index (χ1v) is 8.33. The summed E-state index contributed by atoms with van der Waals surface area (Å²) in [6.07, 6.45) is 14.8. The van der Waals surface area contributed by atoms with Gasteiger partial charge in [-0.15, -0.1) is 6.58 Å². The lowest BCUT2D eigenvalue weighted by Gasteiger charge is -2.03. The fourth-order valence-electron chi connectivity index (χ4n) is 2.22. The third-order valence-electron chi connectivity index (χ3n) is 3.51. The van der Waals surface area contributed by atoms with E-state index in [0.717, 1.165) is 24.8 Å². The van der Waals surface area contributed by atoms with E-state index in [1.54, 1.807) is 6.08 Å². The Labute approximate surface area is 134 Å². The maximum Gasteiger partial charge on any atom is 0.330 e. The van der Waals surface area contributed by atoms with Gasteiger partial charge in [-0.3, -0.25) is 0 Å². The van der Waals surface area contributed by atoms with Crippen LogP contribution in [0.15, 0.2) is 49.1 Å². The van der Waals surface area contributed by atoms with E-state index in [1.165, 1.54) is 38.2 Å². The minimum atomic E-state index is -0.256. The average Bonchev–Trinajstić information content (AvgIpc) is 2.55. The second-order valence-electron chi connectivity index (χ2n) is 5.46. The first kappa shape index (κ1) is 18.2. The molecule has 0 saturated carbocycles. The van der Waals surface area contributed by atoms with Crippen molar-refractivity contribution in [1.29, 1.82) is 0 Å². The van der Waals surface area contributed by atoms with Gasteiger partial charge in [-0.25, -0.2) is 4.79 Å². The number of carbonyl (C=O) groups excluding carboxylic acids is 1. The standard InChI is InChI=1S/C20H28O2/c1-2-3-4-5-6-7-8-9-13-18-22-20(21)17-16-19-14-11-10-12-15-19/h2,10-12,14-17H,1,3-9,13,18H2/b17-16+. The average molecular weight is 300 g/mol. The highest BCUT2D eigenvalue weighted by atomic mass is 16.5. The topological polar surface area (TPSA) is 26.3 Å². The molecule has 0 radical (unpaired) electrons. The maximum atomic E-state index is 11.5. The van der Waals surface area contributed by atoms with E-state index < -0.39 is 0 Å². The van der Waals surface area contributed by atoms with Crippen molar-refractivity contribution in [2.75, 3.05) is 6.61 Å². The normalized spacial score (nSPS) is 10.7. The summed E-state index contributed by atoms with van der Waals surface area (Å²) in [5.74, 6) is -0.256. The summed E-state index contributed by atoms with van der Waals surface area (Å²) in [6, 6.07) is 9.76. The Balaban J connectivity index is 1.95. The lowest BCUT2D eigenvalue weighted by Crippen LogP contribution is -2.02. The van der Waals surface area contributed by atoms with E-state index in [-0.39, 0.29) is 5.97 Å². The molecule has 0 fully saturated rings. The summed E-state index contributed by atoms with van der Waals surface area (Å²) in [4.78, 5) is 11.5. The molecule has 1 aromatic rings. The second-order valence-corrected chi connectivity index (χ2v) is 5.46. The monoisotopic (exact) mass is 300 g/mol. The molecule has 0 unspecified atom stereocenters. The van der Waals surface area contributed by atoms with Crippen molar-refractivity contribution in [3.63, 3.8) is 0 Å². The predicted octanol–water partition coefficient (Wildman–Crippen LogP) is 5.55. The molecule has 0 saturated heterocycles. The molecule has 1 aromatic carbocycles. The Hall–Kier alpha value is -1.83. The molecule has 2 heteroatoms. The summed E-state index contributed by atoms with van der Waals surface area (Å²) < 4.78 is 5.19. The Bertz CT molecular complexity index is 434. The molecule has 1 rings (SSSR count). The van der Waals surface area contributed by atoms with Gasteiger partial charge in [0, 0.05) is 6.08 Å². The Morgan fingerprint density at radius 3 is 2.27 bits per heavy atom. The number of esters is 1. The molecule has 22 heavy (non-hydrogen) atoms. The van der Waals surface area contributed by atoms with Gasteiger partial charge >= 0.3 is 5.97 Å². The number of unbranched alkanes of at least 4 members (excludes halogenated alkanes) is 7. The number of benzene rings is 1. The highest BCUT2D eigenvalue weighted by Crippen LogP contribution is 2.09. The number of allylic oxidation sites excluding steroid dienone is 1. The van der Waals surface area contributed by atoms with Crippen molar-refractivity contribution >= 4 is 12.0 Å². The largest absolute Gasteiger partial charge is 0.463 e. The van der Waals surface area contributed by atoms with Crippen LogP contribution < -0.4 is 0 Å². The molecule has 0 spiro atoms. The molecule has 120 valence electrons. The first-order chi connectivity index (χ1) is 10.8. The Kier molecular flexibility index (Phi) is 10.7. The summed E-state index contributed by atoms with van der Waals surface area (Å²) >= 11 is 0. The number of carbonyl (C=O) groups is 1. The van der Waals surface area contributed by atoms with Crippen LogP contribution in [0, 0.1) is 0 Å². The van der Waals surface area contributed by atoms with Crippen molar-refractivity contribution in [3.05, 3.63) is 54.6 Å². The van der Waals surface area contributed by atoms with Crippen LogP contribution in [-0.2, 0) is 9.53 Å². The van der Waals surface area contributed by atoms with Crippen molar-refractivity contribution in [3.8, 4) is 0 Å². The van der Waals surface area contributed by atoms with E-state index in [1.807, 2.05) is 36.4 Å². The fourth-order valence-corrected chi connectivity index (χ4v) is 2.22. The second kappa shape index (κ2) is 12.9. The molecule has 0 heterocycles. The maximum absolute atomic E-state index is 11.5. The van der Waals surface area contributed by atoms with Crippen LogP contribution in [-0.4, -0.2) is 12.6 Å². The highest BCUT2D eigenvalue weighted by Gasteiger charge is 1.97. The zero-order valence-electron chi connectivity index (χ0n) is 13.5. The molecule has 0 aromatic heterocycles. The van der Waals surface area contributed by atoms with Crippen LogP contribution in [0.1, 0.15) is 56.9 Å². The highest BCUT2D eigenvalue weighted by molar-refractivity contribution is 5.86. The fraction of sp³-hybridized carbons (Fsp3) is 0.450. The number of hydrogen-bond acceptors (Lipinski definition) is 2. The van der Waals surface area contributed by atoms with Gasteiger partial charge in [0.15, 0.2) is 0 Å². The number of hydrogen-bond donors (Lipinski definition) is 0. The minimum Gasteiger partial charge on any atom is -0.463 e. The van der Waals surface area contributed by atoms with E-state index >= 15 is 0 Å². The molecule has 0 aliphatic carbocycles. The van der Waals surface area contributed by atoms with E-state index in [0.29, 0.717) is 6.61 Å². The SMILES string of the molecule is C=CCCCCCCCCCOC(=O)/C=C/c1ccccc1. The molecular weight excluding hydrogens is 272 g/mol. The zero-order chi connectivity index (χ0) is 15.9. The molecule has 0 atom stereocenters. The van der Waals surface area contributed by atoms with Crippen molar-refractivity contribution in [2.24, 2.45) is 0 Å². The smallest absolute Gasteiger partial charge is 0.330 e. The third kappa shape index (κ3) is 9.98. The van der Waals surface area contributed by atoms with Gasteiger partial charge in [-0.1, -0.05) is 68.5 Å². The van der Waals surface area contributed by atoms with Crippen molar-refractivity contribution < 1.29 is 9.53 Å². The summed E-state index contributed by atoms with van der Waals surface area (Å²) in [7, 11) is 0. The molecular formula is C20H28O2. The van der Waals surface area contributed by atoms with Crippen molar-refractivity contribution in [1.82, 2.24) is 0 Å². The van der Waals surface area contributed by atoms with Gasteiger partial charge in [0.2, 0.25) is 0 Å². The lowest BCUT2D eigenvalue weighted by molar-refractivity contribution is -0.137. The molecule has 2 nitrogen and oxygen atoms in total. The first-order valence-electron chi connectivity index (χ1n) is 8.33. The van der Waals surface area contributed by atoms with Crippen LogP contribution >= 0.6 is 0 Å². The number of rotatable bonds is 12. The number of ether oxygens (including phenoxy) is 1. The van der Waals surface area contributed by atoms with E-state index in [9.17, 15) is 4.79 Å². The summed E-state index contributed by atoms with van der Waals surface area (Å²) in [6.45, 7) is 4.25. The van der Waals surface area contributed by atoms with Gasteiger partial charge in [-0.2, -0.15) is 0 Å². The Morgan fingerprint density at radius 2 is 1.59 bits per heavy atom. The zero-order valence-corrected chi connectivity index (χ0v) is 13.5. The molecule has 0 aliphatic rings. The van der Waals surface area contributed by atoms with Gasteiger partial charge < -0.3 is 4.74 Å². The van der Waals surface area contributed by atoms with Crippen molar-refractivity contribution in [2.45, 2.75) is 51.4 Å². The Morgan fingerprint density at radius 1 is 0.955 bits per heavy atom.